The summed E-state index contributed by atoms with van der Waals surface area (Å²) in [5, 5.41) is 10.1. The summed E-state index contributed by atoms with van der Waals surface area (Å²) in [5.74, 6) is -1.03. The summed E-state index contributed by atoms with van der Waals surface area (Å²) in [6, 6.07) is 5.17. The molecule has 224 valence electrons. The highest BCUT2D eigenvalue weighted by molar-refractivity contribution is 7.91. The molecule has 0 spiro atoms. The van der Waals surface area contributed by atoms with Crippen molar-refractivity contribution in [1.82, 2.24) is 19.4 Å². The number of piperidine rings is 1. The Morgan fingerprint density at radius 1 is 1.12 bits per heavy atom. The van der Waals surface area contributed by atoms with Gasteiger partial charge in [-0.15, -0.1) is 22.7 Å². The largest absolute Gasteiger partial charge is 0.468 e. The summed E-state index contributed by atoms with van der Waals surface area (Å²) in [6.45, 7) is 1.53. The van der Waals surface area contributed by atoms with Crippen LogP contribution in [0, 0.1) is 0 Å². The third-order valence-corrected chi connectivity index (χ3v) is 12.3. The molecular weight excluding hydrogens is 612 g/mol. The van der Waals surface area contributed by atoms with Gasteiger partial charge in [-0.05, 0) is 49.9 Å². The quantitative estimate of drug-likeness (QED) is 0.396. The van der Waals surface area contributed by atoms with E-state index in [1.807, 2.05) is 11.0 Å². The number of amides is 2. The highest BCUT2D eigenvalue weighted by Crippen LogP contribution is 2.37. The number of carbonyl (C=O) groups excluding carboxylic acids is 3. The van der Waals surface area contributed by atoms with Crippen LogP contribution in [0.25, 0.3) is 9.75 Å². The maximum atomic E-state index is 13.4. The van der Waals surface area contributed by atoms with E-state index in [0.717, 1.165) is 33.9 Å². The fraction of sp³-hybridized carbons (Fsp3) is 0.577. The lowest BCUT2D eigenvalue weighted by molar-refractivity contribution is -0.146. The van der Waals surface area contributed by atoms with Gasteiger partial charge in [-0.1, -0.05) is 11.6 Å². The van der Waals surface area contributed by atoms with Gasteiger partial charge in [-0.2, -0.15) is 4.72 Å². The van der Waals surface area contributed by atoms with Gasteiger partial charge in [0.15, 0.2) is 0 Å². The number of nitrogens with one attached hydrogen (secondary N) is 1. The minimum Gasteiger partial charge on any atom is -0.468 e. The van der Waals surface area contributed by atoms with Gasteiger partial charge < -0.3 is 19.6 Å². The molecule has 0 saturated carbocycles. The molecule has 15 heteroatoms. The zero-order chi connectivity index (χ0) is 29.3. The summed E-state index contributed by atoms with van der Waals surface area (Å²) >= 11 is 8.48. The van der Waals surface area contributed by atoms with Gasteiger partial charge in [0.25, 0.3) is 10.0 Å². The number of halogens is 1. The zero-order valence-electron chi connectivity index (χ0n) is 22.5. The Labute approximate surface area is 252 Å². The fourth-order valence-corrected chi connectivity index (χ4v) is 9.52. The minimum absolute atomic E-state index is 0.107. The molecule has 0 radical (unpaired) electrons. The molecule has 2 aromatic rings. The smallest absolute Gasteiger partial charge is 0.323 e. The second kappa shape index (κ2) is 12.7. The van der Waals surface area contributed by atoms with Crippen molar-refractivity contribution < 1.29 is 32.6 Å². The van der Waals surface area contributed by atoms with Crippen LogP contribution in [0.2, 0.25) is 4.34 Å². The number of sulfonamides is 1. The van der Waals surface area contributed by atoms with Gasteiger partial charge >= 0.3 is 5.97 Å². The standard InChI is InChI=1S/C26H33ClN4O7S3/c1-38-26(35)19-12-17(32)14-30(19)13-16-4-2-11-31(16)23(33)15-29-10-3-5-18(25(29)34)28-41(36,37)24-9-7-21(40-24)20-6-8-22(27)39-20/h6-9,16-19,28,32H,2-5,10-15H2,1H3. The molecule has 3 saturated heterocycles. The molecule has 0 aromatic carbocycles. The lowest BCUT2D eigenvalue weighted by atomic mass is 10.1. The molecule has 5 heterocycles. The molecule has 0 bridgehead atoms. The molecule has 2 amide bonds. The molecule has 4 unspecified atom stereocenters. The third kappa shape index (κ3) is 6.79. The number of ether oxygens (including phenoxy) is 1. The van der Waals surface area contributed by atoms with E-state index in [-0.39, 0.29) is 22.7 Å². The van der Waals surface area contributed by atoms with Crippen LogP contribution in [0.15, 0.2) is 28.5 Å². The van der Waals surface area contributed by atoms with Crippen LogP contribution in [0.5, 0.6) is 0 Å². The molecule has 2 N–H and O–H groups in total. The van der Waals surface area contributed by atoms with Crippen LogP contribution < -0.4 is 4.72 Å². The number of nitrogens with zero attached hydrogens (tertiary/aromatic N) is 3. The number of esters is 1. The van der Waals surface area contributed by atoms with Crippen LogP contribution in [0.1, 0.15) is 32.1 Å². The molecule has 4 atom stereocenters. The normalized spacial score (nSPS) is 25.7. The Morgan fingerprint density at radius 3 is 2.59 bits per heavy atom. The molecule has 2 aromatic heterocycles. The van der Waals surface area contributed by atoms with Crippen molar-refractivity contribution in [3.05, 3.63) is 28.6 Å². The zero-order valence-corrected chi connectivity index (χ0v) is 25.7. The number of hydrogen-bond acceptors (Lipinski definition) is 10. The summed E-state index contributed by atoms with van der Waals surface area (Å²) in [7, 11) is -2.63. The number of β-amino-alcohol motifs (C(OH)–C–C–N with tert-alkyl or cyclic N) is 1. The Morgan fingerprint density at radius 2 is 1.85 bits per heavy atom. The van der Waals surface area contributed by atoms with Gasteiger partial charge in [0.1, 0.15) is 16.3 Å². The third-order valence-electron chi connectivity index (χ3n) is 7.81. The monoisotopic (exact) mass is 644 g/mol. The molecule has 5 rings (SSSR count). The highest BCUT2D eigenvalue weighted by atomic mass is 35.5. The molecule has 3 aliphatic rings. The molecular formula is C26H33ClN4O7S3. The highest BCUT2D eigenvalue weighted by Gasteiger charge is 2.41. The van der Waals surface area contributed by atoms with Crippen LogP contribution in [0.4, 0.5) is 0 Å². The van der Waals surface area contributed by atoms with E-state index in [1.54, 1.807) is 17.0 Å². The Hall–Kier alpha value is -2.07. The Bertz CT molecular complexity index is 1400. The first kappa shape index (κ1) is 30.4. The van der Waals surface area contributed by atoms with Gasteiger partial charge in [0.2, 0.25) is 11.8 Å². The lowest BCUT2D eigenvalue weighted by Crippen LogP contribution is -2.55. The van der Waals surface area contributed by atoms with E-state index in [1.165, 1.54) is 29.4 Å². The minimum atomic E-state index is -3.95. The van der Waals surface area contributed by atoms with Crippen molar-refractivity contribution in [3.8, 4) is 9.75 Å². The first-order chi connectivity index (χ1) is 19.6. The van der Waals surface area contributed by atoms with E-state index in [9.17, 15) is 27.9 Å². The molecule has 41 heavy (non-hydrogen) atoms. The first-order valence-electron chi connectivity index (χ1n) is 13.5. The van der Waals surface area contributed by atoms with Crippen LogP contribution in [-0.4, -0.2) is 110 Å². The number of likely N-dealkylation sites (tertiary alicyclic amines) is 3. The topological polar surface area (TPSA) is 137 Å². The van der Waals surface area contributed by atoms with Crippen LogP contribution in [-0.2, 0) is 29.1 Å². The predicted molar refractivity (Wildman–Crippen MR) is 155 cm³/mol. The summed E-state index contributed by atoms with van der Waals surface area (Å²) in [6.07, 6.45) is 2.12. The van der Waals surface area contributed by atoms with Crippen LogP contribution >= 0.6 is 34.3 Å². The SMILES string of the molecule is COC(=O)C1CC(O)CN1CC1CCCN1C(=O)CN1CCCC(NS(=O)(=O)c2ccc(-c3ccc(Cl)s3)s2)C1=O. The van der Waals surface area contributed by atoms with E-state index in [0.29, 0.717) is 49.8 Å². The Balaban J connectivity index is 1.20. The number of methoxy groups -OCH3 is 1. The summed E-state index contributed by atoms with van der Waals surface area (Å²) < 4.78 is 34.4. The summed E-state index contributed by atoms with van der Waals surface area (Å²) in [5.41, 5.74) is 0. The molecule has 0 aliphatic carbocycles. The second-order valence-electron chi connectivity index (χ2n) is 10.6. The van der Waals surface area contributed by atoms with E-state index < -0.39 is 40.1 Å². The molecule has 11 nitrogen and oxygen atoms in total. The average Bonchev–Trinajstić information content (AvgIpc) is 3.73. The predicted octanol–water partition coefficient (Wildman–Crippen LogP) is 2.00. The van der Waals surface area contributed by atoms with Crippen molar-refractivity contribution in [2.75, 3.05) is 39.8 Å². The number of rotatable bonds is 9. The van der Waals surface area contributed by atoms with Crippen LogP contribution in [0.3, 0.4) is 0 Å². The van der Waals surface area contributed by atoms with Gasteiger partial charge in [0, 0.05) is 48.4 Å². The van der Waals surface area contributed by atoms with Crippen molar-refractivity contribution in [2.24, 2.45) is 0 Å². The Kier molecular flexibility index (Phi) is 9.38. The number of carbonyl (C=O) groups is 3. The van der Waals surface area contributed by atoms with E-state index in [2.05, 4.69) is 4.72 Å². The first-order valence-corrected chi connectivity index (χ1v) is 17.0. The summed E-state index contributed by atoms with van der Waals surface area (Å²) in [4.78, 5) is 45.5. The van der Waals surface area contributed by atoms with Crippen molar-refractivity contribution in [2.45, 2.75) is 60.5 Å². The molecule has 3 aliphatic heterocycles. The number of thiophene rings is 2. The number of aliphatic hydroxyl groups excluding tert-OH is 1. The number of aliphatic hydroxyl groups is 1. The maximum Gasteiger partial charge on any atom is 0.323 e. The number of hydrogen-bond donors (Lipinski definition) is 2. The van der Waals surface area contributed by atoms with E-state index in [4.69, 9.17) is 16.3 Å². The lowest BCUT2D eigenvalue weighted by Gasteiger charge is -2.35. The molecule has 3 fully saturated rings. The average molecular weight is 645 g/mol. The second-order valence-corrected chi connectivity index (χ2v) is 15.3. The van der Waals surface area contributed by atoms with Crippen molar-refractivity contribution >= 4 is 62.1 Å². The van der Waals surface area contributed by atoms with Gasteiger partial charge in [-0.25, -0.2) is 8.42 Å². The van der Waals surface area contributed by atoms with Crippen molar-refractivity contribution in [1.29, 1.82) is 0 Å². The van der Waals surface area contributed by atoms with E-state index >= 15 is 0 Å². The van der Waals surface area contributed by atoms with Gasteiger partial charge in [-0.3, -0.25) is 19.3 Å². The fourth-order valence-electron chi connectivity index (χ4n) is 5.84. The van der Waals surface area contributed by atoms with Gasteiger partial charge in [0.05, 0.1) is 24.1 Å². The maximum absolute atomic E-state index is 13.4. The van der Waals surface area contributed by atoms with Crippen molar-refractivity contribution in [3.63, 3.8) is 0 Å².